The van der Waals surface area contributed by atoms with Crippen LogP contribution in [0.3, 0.4) is 0 Å². The summed E-state index contributed by atoms with van der Waals surface area (Å²) in [5, 5.41) is 87.1. The number of nitro groups is 1. The largest absolute Gasteiger partial charge is 3.00 e. The second-order valence-electron chi connectivity index (χ2n) is 10.8. The maximum absolute atomic E-state index is 12.6. The first-order valence-corrected chi connectivity index (χ1v) is 16.5. The molecule has 19 nitrogen and oxygen atoms in total. The van der Waals surface area contributed by atoms with Gasteiger partial charge < -0.3 is 25.2 Å². The van der Waals surface area contributed by atoms with Crippen LogP contribution < -0.4 is 25.6 Å². The Morgan fingerprint density at radius 1 is 0.741 bits per heavy atom. The number of aromatic nitrogens is 4. The molecule has 0 amide bonds. The molecular formula is C33H25CrN10O9S. The van der Waals surface area contributed by atoms with Crippen LogP contribution in [0.4, 0.5) is 28.4 Å². The average molecular weight is 790 g/mol. The fourth-order valence-corrected chi connectivity index (χ4v) is 5.13. The molecule has 0 unspecified atom stereocenters. The Morgan fingerprint density at radius 2 is 1.28 bits per heavy atom. The minimum atomic E-state index is -3.96. The van der Waals surface area contributed by atoms with Crippen molar-refractivity contribution in [3.05, 3.63) is 124 Å². The van der Waals surface area contributed by atoms with Gasteiger partial charge in [0, 0.05) is 29.5 Å². The van der Waals surface area contributed by atoms with Crippen molar-refractivity contribution in [2.45, 2.75) is 18.7 Å². The van der Waals surface area contributed by atoms with Gasteiger partial charge in [-0.05, 0) is 50.2 Å². The molecule has 2 N–H and O–H groups in total. The summed E-state index contributed by atoms with van der Waals surface area (Å²) in [6, 6.07) is 23.1. The van der Waals surface area contributed by atoms with Crippen molar-refractivity contribution in [3.8, 4) is 28.9 Å². The van der Waals surface area contributed by atoms with Gasteiger partial charge in [-0.15, -0.1) is 15.3 Å². The van der Waals surface area contributed by atoms with Crippen LogP contribution in [-0.4, -0.2) is 38.9 Å². The fourth-order valence-electron chi connectivity index (χ4n) is 4.58. The molecule has 0 atom stereocenters. The van der Waals surface area contributed by atoms with Gasteiger partial charge in [0.2, 0.25) is 10.0 Å². The summed E-state index contributed by atoms with van der Waals surface area (Å²) in [5.74, 6) is -3.11. The number of non-ortho nitro benzene ring substituents is 1. The van der Waals surface area contributed by atoms with E-state index in [-0.39, 0.29) is 69.1 Å². The first kappa shape index (κ1) is 40.0. The minimum Gasteiger partial charge on any atom is -0.871 e. The topological polar surface area (TPSA) is 298 Å². The number of carbonyl (C=O) groups is 1. The number of aromatic carboxylic acids is 1. The van der Waals surface area contributed by atoms with Gasteiger partial charge in [-0.3, -0.25) is 10.1 Å². The summed E-state index contributed by atoms with van der Waals surface area (Å²) in [6.45, 7) is 3.10. The summed E-state index contributed by atoms with van der Waals surface area (Å²) in [5.41, 5.74) is 0.483. The Morgan fingerprint density at radius 3 is 1.85 bits per heavy atom. The number of aryl methyl sites for hydroxylation is 2. The molecule has 0 aliphatic rings. The Hall–Kier alpha value is -6.79. The summed E-state index contributed by atoms with van der Waals surface area (Å²) in [6.07, 6.45) is 0. The zero-order valence-electron chi connectivity index (χ0n) is 28.8. The van der Waals surface area contributed by atoms with Crippen molar-refractivity contribution in [1.29, 1.82) is 0 Å². The van der Waals surface area contributed by atoms with Gasteiger partial charge in [-0.2, -0.15) is 15.3 Å². The first-order chi connectivity index (χ1) is 25.1. The molecule has 54 heavy (non-hydrogen) atoms. The van der Waals surface area contributed by atoms with Crippen molar-refractivity contribution in [1.82, 2.24) is 19.6 Å². The maximum Gasteiger partial charge on any atom is 3.00 e. The fraction of sp³-hybridized carbons (Fsp3) is 0.0606. The van der Waals surface area contributed by atoms with Crippen molar-refractivity contribution >= 4 is 44.4 Å². The van der Waals surface area contributed by atoms with E-state index in [2.05, 4.69) is 30.7 Å². The van der Waals surface area contributed by atoms with E-state index in [1.54, 1.807) is 37.3 Å². The molecule has 0 bridgehead atoms. The molecule has 2 aromatic heterocycles. The van der Waals surface area contributed by atoms with Crippen LogP contribution >= 0.6 is 0 Å². The summed E-state index contributed by atoms with van der Waals surface area (Å²) >= 11 is 0. The number of rotatable bonds is 9. The molecule has 0 saturated heterocycles. The van der Waals surface area contributed by atoms with Gasteiger partial charge >= 0.3 is 18.8 Å². The van der Waals surface area contributed by atoms with E-state index in [9.17, 15) is 43.8 Å². The Labute approximate surface area is 317 Å². The predicted molar refractivity (Wildman–Crippen MR) is 180 cm³/mol. The first-order valence-electron chi connectivity index (χ1n) is 15.0. The van der Waals surface area contributed by atoms with Crippen molar-refractivity contribution in [3.63, 3.8) is 0 Å². The van der Waals surface area contributed by atoms with E-state index >= 15 is 0 Å². The van der Waals surface area contributed by atoms with E-state index in [1.807, 2.05) is 6.07 Å². The number of hydrogen-bond donors (Lipinski definition) is 1. The molecule has 6 rings (SSSR count). The maximum atomic E-state index is 12.6. The molecule has 21 heteroatoms. The monoisotopic (exact) mass is 789 g/mol. The third kappa shape index (κ3) is 8.98. The predicted octanol–water partition coefficient (Wildman–Crippen LogP) is 3.44. The number of nitrogens with zero attached hydrogens (tertiary/aromatic N) is 9. The Balaban J connectivity index is 0.000000287. The van der Waals surface area contributed by atoms with E-state index in [0.29, 0.717) is 11.4 Å². The summed E-state index contributed by atoms with van der Waals surface area (Å²) < 4.78 is 25.1. The Kier molecular flexibility index (Phi) is 12.4. The van der Waals surface area contributed by atoms with Gasteiger partial charge in [-0.1, -0.05) is 54.3 Å². The number of carbonyl (C=O) groups excluding carboxylic acids is 1. The smallest absolute Gasteiger partial charge is 0.871 e. The average Bonchev–Trinajstić information content (AvgIpc) is 3.58. The van der Waals surface area contributed by atoms with Gasteiger partial charge in [0.05, 0.1) is 49.9 Å². The van der Waals surface area contributed by atoms with Gasteiger partial charge in [0.1, 0.15) is 11.4 Å². The van der Waals surface area contributed by atoms with E-state index in [1.165, 1.54) is 54.1 Å². The molecule has 4 aromatic carbocycles. The summed E-state index contributed by atoms with van der Waals surface area (Å²) in [7, 11) is -3.96. The number of benzene rings is 4. The number of hydrogen-bond acceptors (Lipinski definition) is 15. The van der Waals surface area contributed by atoms with E-state index in [4.69, 9.17) is 5.14 Å². The van der Waals surface area contributed by atoms with Crippen molar-refractivity contribution in [2.24, 2.45) is 25.6 Å². The number of nitro benzene ring substituents is 1. The SMILES string of the molecule is Cc1nn(-c2cccc(S(N)(=O)=O)c2)c([O-])c1N=Nc1ccccc1C(=O)[O-].Cc1nn(-c2ccccc2)c([O-])c1N=Nc1cc([N+](=O)[O-])ccc1[O-].[Cr+3].[H+]. The zero-order chi connectivity index (χ0) is 38.4. The van der Waals surface area contributed by atoms with Crippen LogP contribution in [0, 0.1) is 24.0 Å². The second kappa shape index (κ2) is 16.7. The van der Waals surface area contributed by atoms with Crippen LogP contribution in [0.5, 0.6) is 17.5 Å². The number of carboxylic acid groups (broad SMARTS) is 1. The number of azo groups is 2. The van der Waals surface area contributed by atoms with Crippen LogP contribution in [0.1, 0.15) is 23.2 Å². The summed E-state index contributed by atoms with van der Waals surface area (Å²) in [4.78, 5) is 21.1. The van der Waals surface area contributed by atoms with Crippen molar-refractivity contribution in [2.75, 3.05) is 0 Å². The number of sulfonamides is 1. The van der Waals surface area contributed by atoms with Crippen LogP contribution in [0.2, 0.25) is 0 Å². The van der Waals surface area contributed by atoms with Crippen LogP contribution in [0.25, 0.3) is 11.4 Å². The molecule has 0 fully saturated rings. The normalized spacial score (nSPS) is 11.2. The number of para-hydroxylation sites is 1. The van der Waals surface area contributed by atoms with Gasteiger partial charge in [0.15, 0.2) is 0 Å². The zero-order valence-corrected chi connectivity index (χ0v) is 29.9. The molecule has 0 aliphatic heterocycles. The Bertz CT molecular complexity index is 2530. The molecular weight excluding hydrogens is 764 g/mol. The number of primary sulfonamides is 1. The van der Waals surface area contributed by atoms with E-state index in [0.717, 1.165) is 22.9 Å². The third-order valence-corrected chi connectivity index (χ3v) is 8.07. The quantitative estimate of drug-likeness (QED) is 0.126. The third-order valence-electron chi connectivity index (χ3n) is 7.16. The van der Waals surface area contributed by atoms with Crippen LogP contribution in [0.15, 0.2) is 122 Å². The van der Waals surface area contributed by atoms with Gasteiger partial charge in [0.25, 0.3) is 5.69 Å². The minimum absolute atomic E-state index is 0. The standard InChI is InChI=1S/C17H15N5O5S.C16H13N5O4.Cr/c1-10-15(20-19-14-8-3-2-7-13(14)17(24)25)16(23)22(21-10)11-5-4-6-12(9-11)28(18,26)27;1-10-15(16(23)20(19-10)11-5-3-2-4-6-11)18-17-13-9-12(21(24)25)7-8-14(13)22;/h2-9,23H,1H3,(H,24,25)(H2,18,26,27);2-9,22-23H,1H3;/q;;+3/p-3. The molecule has 0 aliphatic carbocycles. The molecule has 6 aromatic rings. The molecule has 2 heterocycles. The molecule has 1 radical (unpaired) electrons. The van der Waals surface area contributed by atoms with E-state index < -0.39 is 38.4 Å². The molecule has 273 valence electrons. The van der Waals surface area contributed by atoms with Crippen LogP contribution in [-0.2, 0) is 27.4 Å². The molecule has 0 saturated carbocycles. The van der Waals surface area contributed by atoms with Gasteiger partial charge in [-0.25, -0.2) is 22.9 Å². The van der Waals surface area contributed by atoms with Crippen molar-refractivity contribution < 1.29 is 57.3 Å². The number of carboxylic acids is 1. The number of nitrogens with two attached hydrogens (primary N) is 1. The molecule has 0 spiro atoms. The second-order valence-corrected chi connectivity index (χ2v) is 12.4.